The van der Waals surface area contributed by atoms with Crippen molar-refractivity contribution in [2.75, 3.05) is 14.2 Å². The number of nitrogens with zero attached hydrogens (tertiary/aromatic N) is 2. The first-order valence-electron chi connectivity index (χ1n) is 6.81. The molecule has 0 amide bonds. The summed E-state index contributed by atoms with van der Waals surface area (Å²) in [6.07, 6.45) is 2.77. The van der Waals surface area contributed by atoms with Crippen LogP contribution in [0.4, 0.5) is 0 Å². The molecule has 5 nitrogen and oxygen atoms in total. The summed E-state index contributed by atoms with van der Waals surface area (Å²) in [4.78, 5) is 0. The smallest absolute Gasteiger partial charge is 0.127 e. The average molecular weight is 354 g/mol. The van der Waals surface area contributed by atoms with Crippen molar-refractivity contribution < 1.29 is 9.47 Å². The molecular formula is C15H20BrN3O2. The molecule has 1 atom stereocenters. The number of ether oxygens (including phenoxy) is 2. The monoisotopic (exact) mass is 353 g/mol. The van der Waals surface area contributed by atoms with Crippen LogP contribution in [-0.2, 0) is 6.54 Å². The molecule has 0 saturated carbocycles. The summed E-state index contributed by atoms with van der Waals surface area (Å²) in [7, 11) is 3.25. The van der Waals surface area contributed by atoms with E-state index < -0.39 is 0 Å². The van der Waals surface area contributed by atoms with E-state index in [-0.39, 0.29) is 6.04 Å². The molecule has 0 aliphatic rings. The lowest BCUT2D eigenvalue weighted by molar-refractivity contribution is 0.389. The second kappa shape index (κ2) is 6.95. The minimum atomic E-state index is -0.325. The van der Waals surface area contributed by atoms with Crippen molar-refractivity contribution in [3.8, 4) is 11.5 Å². The van der Waals surface area contributed by atoms with Gasteiger partial charge >= 0.3 is 0 Å². The highest BCUT2D eigenvalue weighted by molar-refractivity contribution is 9.10. The summed E-state index contributed by atoms with van der Waals surface area (Å²) in [5.74, 6) is 1.45. The van der Waals surface area contributed by atoms with E-state index >= 15 is 0 Å². The Morgan fingerprint density at radius 2 is 2.10 bits per heavy atom. The van der Waals surface area contributed by atoms with E-state index in [9.17, 15) is 0 Å². The van der Waals surface area contributed by atoms with Crippen molar-refractivity contribution in [2.45, 2.75) is 25.9 Å². The number of halogens is 1. The molecular weight excluding hydrogens is 334 g/mol. The molecule has 1 heterocycles. The molecule has 114 valence electrons. The van der Waals surface area contributed by atoms with Gasteiger partial charge in [-0.05, 0) is 34.5 Å². The lowest BCUT2D eigenvalue weighted by atomic mass is 10.0. The van der Waals surface area contributed by atoms with Crippen molar-refractivity contribution in [3.05, 3.63) is 40.1 Å². The molecule has 0 radical (unpaired) electrons. The third kappa shape index (κ3) is 3.22. The molecule has 0 spiro atoms. The lowest BCUT2D eigenvalue weighted by Gasteiger charge is -2.18. The highest BCUT2D eigenvalue weighted by atomic mass is 79.9. The standard InChI is InChI=1S/C15H20BrN3O2/c1-4-7-19-15(12(16)9-18-19)14(17)11-6-5-10(20-2)8-13(11)21-3/h5-6,8-9,14H,4,7,17H2,1-3H3. The van der Waals surface area contributed by atoms with E-state index in [1.165, 1.54) is 0 Å². The average Bonchev–Trinajstić information content (AvgIpc) is 2.87. The van der Waals surface area contributed by atoms with Gasteiger partial charge in [0.1, 0.15) is 11.5 Å². The maximum absolute atomic E-state index is 6.45. The van der Waals surface area contributed by atoms with Gasteiger partial charge in [0, 0.05) is 18.2 Å². The minimum Gasteiger partial charge on any atom is -0.497 e. The highest BCUT2D eigenvalue weighted by Crippen LogP contribution is 2.34. The van der Waals surface area contributed by atoms with Gasteiger partial charge in [-0.1, -0.05) is 6.92 Å². The lowest BCUT2D eigenvalue weighted by Crippen LogP contribution is -2.19. The van der Waals surface area contributed by atoms with Gasteiger partial charge in [0.15, 0.2) is 0 Å². The number of aromatic nitrogens is 2. The van der Waals surface area contributed by atoms with E-state index in [2.05, 4.69) is 28.0 Å². The fourth-order valence-electron chi connectivity index (χ4n) is 2.29. The van der Waals surface area contributed by atoms with E-state index in [0.717, 1.165) is 34.4 Å². The quantitative estimate of drug-likeness (QED) is 0.866. The third-order valence-electron chi connectivity index (χ3n) is 3.34. The van der Waals surface area contributed by atoms with E-state index in [0.29, 0.717) is 5.75 Å². The molecule has 2 rings (SSSR count). The fraction of sp³-hybridized carbons (Fsp3) is 0.400. The van der Waals surface area contributed by atoms with Crippen molar-refractivity contribution >= 4 is 15.9 Å². The first-order valence-corrected chi connectivity index (χ1v) is 7.60. The number of benzene rings is 1. The predicted octanol–water partition coefficient (Wildman–Crippen LogP) is 3.12. The summed E-state index contributed by atoms with van der Waals surface area (Å²) in [6, 6.07) is 5.32. The van der Waals surface area contributed by atoms with E-state index in [1.807, 2.05) is 22.9 Å². The summed E-state index contributed by atoms with van der Waals surface area (Å²) in [5.41, 5.74) is 8.29. The molecule has 0 saturated heterocycles. The van der Waals surface area contributed by atoms with Gasteiger partial charge in [-0.2, -0.15) is 5.10 Å². The number of methoxy groups -OCH3 is 2. The Kier molecular flexibility index (Phi) is 5.25. The van der Waals surface area contributed by atoms with Crippen LogP contribution in [0, 0.1) is 0 Å². The predicted molar refractivity (Wildman–Crippen MR) is 85.8 cm³/mol. The van der Waals surface area contributed by atoms with Crippen LogP contribution in [0.2, 0.25) is 0 Å². The zero-order valence-corrected chi connectivity index (χ0v) is 14.1. The molecule has 0 aliphatic carbocycles. The largest absolute Gasteiger partial charge is 0.497 e. The minimum absolute atomic E-state index is 0.325. The molecule has 1 unspecified atom stereocenters. The first kappa shape index (κ1) is 15.9. The van der Waals surface area contributed by atoms with E-state index in [1.54, 1.807) is 20.4 Å². The third-order valence-corrected chi connectivity index (χ3v) is 3.95. The van der Waals surface area contributed by atoms with Crippen LogP contribution < -0.4 is 15.2 Å². The van der Waals surface area contributed by atoms with Gasteiger partial charge in [-0.15, -0.1) is 0 Å². The van der Waals surface area contributed by atoms with Crippen LogP contribution in [0.3, 0.4) is 0 Å². The zero-order valence-electron chi connectivity index (χ0n) is 12.5. The van der Waals surface area contributed by atoms with Crippen LogP contribution in [0.1, 0.15) is 30.6 Å². The molecule has 0 aliphatic heterocycles. The maximum Gasteiger partial charge on any atom is 0.127 e. The Bertz CT molecular complexity index is 613. The van der Waals surface area contributed by atoms with Crippen LogP contribution in [0.5, 0.6) is 11.5 Å². The number of rotatable bonds is 6. The van der Waals surface area contributed by atoms with Crippen molar-refractivity contribution in [2.24, 2.45) is 5.73 Å². The van der Waals surface area contributed by atoms with Crippen molar-refractivity contribution in [1.29, 1.82) is 0 Å². The Labute approximate surface area is 133 Å². The fourth-order valence-corrected chi connectivity index (χ4v) is 2.84. The molecule has 21 heavy (non-hydrogen) atoms. The summed E-state index contributed by atoms with van der Waals surface area (Å²) in [6.45, 7) is 2.94. The van der Waals surface area contributed by atoms with Gasteiger partial charge in [0.25, 0.3) is 0 Å². The normalized spacial score (nSPS) is 12.2. The number of hydrogen-bond acceptors (Lipinski definition) is 4. The van der Waals surface area contributed by atoms with Crippen LogP contribution in [0.25, 0.3) is 0 Å². The first-order chi connectivity index (χ1) is 10.1. The Morgan fingerprint density at radius 1 is 1.33 bits per heavy atom. The summed E-state index contributed by atoms with van der Waals surface area (Å²) in [5, 5.41) is 4.37. The molecule has 2 N–H and O–H groups in total. The molecule has 0 fully saturated rings. The second-order valence-electron chi connectivity index (χ2n) is 4.69. The Balaban J connectivity index is 2.44. The number of hydrogen-bond donors (Lipinski definition) is 1. The molecule has 2 aromatic rings. The van der Waals surface area contributed by atoms with Gasteiger partial charge in [-0.3, -0.25) is 4.68 Å². The molecule has 1 aromatic carbocycles. The molecule has 0 bridgehead atoms. The molecule has 6 heteroatoms. The summed E-state index contributed by atoms with van der Waals surface area (Å²) >= 11 is 3.53. The Hall–Kier alpha value is -1.53. The van der Waals surface area contributed by atoms with Crippen molar-refractivity contribution in [3.63, 3.8) is 0 Å². The van der Waals surface area contributed by atoms with Gasteiger partial charge in [0.05, 0.1) is 36.6 Å². The maximum atomic E-state index is 6.45. The zero-order chi connectivity index (χ0) is 15.4. The van der Waals surface area contributed by atoms with Gasteiger partial charge in [-0.25, -0.2) is 0 Å². The summed E-state index contributed by atoms with van der Waals surface area (Å²) < 4.78 is 13.5. The topological polar surface area (TPSA) is 62.3 Å². The van der Waals surface area contributed by atoms with Crippen LogP contribution >= 0.6 is 15.9 Å². The van der Waals surface area contributed by atoms with E-state index in [4.69, 9.17) is 15.2 Å². The number of aryl methyl sites for hydroxylation is 1. The highest BCUT2D eigenvalue weighted by Gasteiger charge is 2.21. The van der Waals surface area contributed by atoms with Crippen LogP contribution in [-0.4, -0.2) is 24.0 Å². The Morgan fingerprint density at radius 3 is 2.71 bits per heavy atom. The van der Waals surface area contributed by atoms with Crippen LogP contribution in [0.15, 0.2) is 28.9 Å². The van der Waals surface area contributed by atoms with Crippen molar-refractivity contribution in [1.82, 2.24) is 9.78 Å². The second-order valence-corrected chi connectivity index (χ2v) is 5.54. The molecule has 1 aromatic heterocycles. The number of nitrogens with two attached hydrogens (primary N) is 1. The van der Waals surface area contributed by atoms with Gasteiger partial charge in [0.2, 0.25) is 0 Å². The van der Waals surface area contributed by atoms with Gasteiger partial charge < -0.3 is 15.2 Å². The SMILES string of the molecule is CCCn1ncc(Br)c1C(N)c1ccc(OC)cc1OC.